The lowest BCUT2D eigenvalue weighted by atomic mass is 10.1. The van der Waals surface area contributed by atoms with Gasteiger partial charge in [-0.15, -0.1) is 0 Å². The van der Waals surface area contributed by atoms with Crippen LogP contribution >= 0.6 is 0 Å². The monoisotopic (exact) mass is 308 g/mol. The molecule has 0 saturated carbocycles. The van der Waals surface area contributed by atoms with Crippen molar-refractivity contribution < 1.29 is 14.3 Å². The van der Waals surface area contributed by atoms with Crippen molar-refractivity contribution in [1.29, 1.82) is 0 Å². The molecule has 0 unspecified atom stereocenters. The van der Waals surface area contributed by atoms with Gasteiger partial charge in [-0.1, -0.05) is 30.3 Å². The van der Waals surface area contributed by atoms with Gasteiger partial charge in [0.25, 0.3) is 0 Å². The molecule has 0 radical (unpaired) electrons. The fourth-order valence-electron chi connectivity index (χ4n) is 2.51. The number of rotatable bonds is 5. The van der Waals surface area contributed by atoms with E-state index in [0.717, 1.165) is 0 Å². The van der Waals surface area contributed by atoms with Crippen LogP contribution in [0.5, 0.6) is 5.75 Å². The first-order valence-electron chi connectivity index (χ1n) is 7.24. The molecule has 0 fully saturated rings. The summed E-state index contributed by atoms with van der Waals surface area (Å²) in [6, 6.07) is 14.3. The van der Waals surface area contributed by atoms with Gasteiger partial charge in [-0.25, -0.2) is 0 Å². The molecule has 3 aromatic rings. The molecule has 0 aliphatic rings. The van der Waals surface area contributed by atoms with Crippen LogP contribution in [-0.4, -0.2) is 28.5 Å². The number of hydrogen-bond acceptors (Lipinski definition) is 4. The Bertz CT molecular complexity index is 882. The van der Waals surface area contributed by atoms with Crippen LogP contribution < -0.4 is 4.74 Å². The van der Waals surface area contributed by atoms with Gasteiger partial charge in [-0.2, -0.15) is 5.10 Å². The molecule has 1 aromatic heterocycles. The number of fused-ring (bicyclic) bond motifs is 1. The molecule has 1 heterocycles. The number of ketones is 2. The normalized spacial score (nSPS) is 10.7. The van der Waals surface area contributed by atoms with Crippen LogP contribution in [0.2, 0.25) is 0 Å². The fourth-order valence-corrected chi connectivity index (χ4v) is 2.51. The van der Waals surface area contributed by atoms with Gasteiger partial charge >= 0.3 is 0 Å². The zero-order chi connectivity index (χ0) is 16.4. The summed E-state index contributed by atoms with van der Waals surface area (Å²) in [5, 5.41) is 5.08. The van der Waals surface area contributed by atoms with Crippen molar-refractivity contribution in [1.82, 2.24) is 9.78 Å². The van der Waals surface area contributed by atoms with Crippen molar-refractivity contribution in [2.75, 3.05) is 7.11 Å². The number of carbonyl (C=O) groups excluding carboxylic acids is 2. The van der Waals surface area contributed by atoms with E-state index >= 15 is 0 Å². The predicted molar refractivity (Wildman–Crippen MR) is 86.8 cm³/mol. The summed E-state index contributed by atoms with van der Waals surface area (Å²) < 4.78 is 6.78. The highest BCUT2D eigenvalue weighted by Gasteiger charge is 2.19. The molecule has 3 rings (SSSR count). The number of ether oxygens (including phenoxy) is 1. The first kappa shape index (κ1) is 15.0. The molecule has 116 valence electrons. The summed E-state index contributed by atoms with van der Waals surface area (Å²) >= 11 is 0. The number of benzene rings is 2. The Balaban J connectivity index is 2.17. The quantitative estimate of drug-likeness (QED) is 0.680. The molecule has 0 aliphatic carbocycles. The van der Waals surface area contributed by atoms with Crippen LogP contribution in [0.25, 0.3) is 10.9 Å². The van der Waals surface area contributed by atoms with Crippen molar-refractivity contribution in [3.63, 3.8) is 0 Å². The Morgan fingerprint density at radius 1 is 1.13 bits per heavy atom. The molecule has 0 atom stereocenters. The van der Waals surface area contributed by atoms with Crippen LogP contribution in [0, 0.1) is 0 Å². The molecule has 0 N–H and O–H groups in total. The highest BCUT2D eigenvalue weighted by molar-refractivity contribution is 6.15. The van der Waals surface area contributed by atoms with Gasteiger partial charge < -0.3 is 4.74 Å². The van der Waals surface area contributed by atoms with Crippen LogP contribution in [-0.2, 0) is 11.3 Å². The minimum Gasteiger partial charge on any atom is -0.497 e. The van der Waals surface area contributed by atoms with Gasteiger partial charge in [0.1, 0.15) is 11.4 Å². The third kappa shape index (κ3) is 2.85. The SMILES string of the molecule is COc1ccc2c(C(=O)c3ccccc3)nn(CC(C)=O)c2c1. The predicted octanol–water partition coefficient (Wildman–Crippen LogP) is 2.86. The molecule has 0 bridgehead atoms. The van der Waals surface area contributed by atoms with E-state index in [9.17, 15) is 9.59 Å². The summed E-state index contributed by atoms with van der Waals surface area (Å²) in [4.78, 5) is 24.2. The lowest BCUT2D eigenvalue weighted by molar-refractivity contribution is -0.117. The van der Waals surface area contributed by atoms with E-state index in [1.165, 1.54) is 6.92 Å². The van der Waals surface area contributed by atoms with Crippen LogP contribution in [0.3, 0.4) is 0 Å². The lowest BCUT2D eigenvalue weighted by Gasteiger charge is -2.02. The van der Waals surface area contributed by atoms with Gasteiger partial charge in [0.05, 0.1) is 19.2 Å². The molecule has 0 saturated heterocycles. The van der Waals surface area contributed by atoms with Crippen molar-refractivity contribution in [2.45, 2.75) is 13.5 Å². The third-order valence-corrected chi connectivity index (χ3v) is 3.58. The topological polar surface area (TPSA) is 61.2 Å². The molecule has 5 nitrogen and oxygen atoms in total. The zero-order valence-electron chi connectivity index (χ0n) is 12.9. The minimum atomic E-state index is -0.164. The van der Waals surface area contributed by atoms with Crippen LogP contribution in [0.4, 0.5) is 0 Å². The molecular weight excluding hydrogens is 292 g/mol. The van der Waals surface area contributed by atoms with Crippen LogP contribution in [0.15, 0.2) is 48.5 Å². The van der Waals surface area contributed by atoms with E-state index in [-0.39, 0.29) is 18.1 Å². The number of aromatic nitrogens is 2. The van der Waals surface area contributed by atoms with Gasteiger partial charge in [0.15, 0.2) is 5.78 Å². The summed E-state index contributed by atoms with van der Waals surface area (Å²) in [6.07, 6.45) is 0. The van der Waals surface area contributed by atoms with E-state index in [0.29, 0.717) is 27.9 Å². The van der Waals surface area contributed by atoms with E-state index in [1.807, 2.05) is 18.2 Å². The van der Waals surface area contributed by atoms with Gasteiger partial charge in [0, 0.05) is 17.0 Å². The Morgan fingerprint density at radius 2 is 1.87 bits per heavy atom. The molecule has 0 amide bonds. The molecular formula is C18H16N2O3. The highest BCUT2D eigenvalue weighted by atomic mass is 16.5. The Labute approximate surface area is 133 Å². The van der Waals surface area contributed by atoms with E-state index in [4.69, 9.17) is 4.74 Å². The molecule has 2 aromatic carbocycles. The maximum absolute atomic E-state index is 12.7. The standard InChI is InChI=1S/C18H16N2O3/c1-12(21)11-20-16-10-14(23-2)8-9-15(16)17(19-20)18(22)13-6-4-3-5-7-13/h3-10H,11H2,1-2H3. The largest absolute Gasteiger partial charge is 0.497 e. The maximum Gasteiger partial charge on any atom is 0.213 e. The number of nitrogens with zero attached hydrogens (tertiary/aromatic N) is 2. The Morgan fingerprint density at radius 3 is 2.52 bits per heavy atom. The number of methoxy groups -OCH3 is 1. The van der Waals surface area contributed by atoms with E-state index < -0.39 is 0 Å². The second-order valence-corrected chi connectivity index (χ2v) is 5.29. The van der Waals surface area contributed by atoms with Gasteiger partial charge in [-0.05, 0) is 19.1 Å². The van der Waals surface area contributed by atoms with Crippen molar-refractivity contribution >= 4 is 22.5 Å². The summed E-state index contributed by atoms with van der Waals surface area (Å²) in [5.41, 5.74) is 1.62. The molecule has 0 aliphatic heterocycles. The first-order chi connectivity index (χ1) is 11.1. The number of carbonyl (C=O) groups is 2. The van der Waals surface area contributed by atoms with E-state index in [2.05, 4.69) is 5.10 Å². The molecule has 0 spiro atoms. The lowest BCUT2D eigenvalue weighted by Crippen LogP contribution is -2.09. The smallest absolute Gasteiger partial charge is 0.213 e. The molecule has 23 heavy (non-hydrogen) atoms. The second-order valence-electron chi connectivity index (χ2n) is 5.29. The van der Waals surface area contributed by atoms with Crippen molar-refractivity contribution in [3.8, 4) is 5.75 Å². The van der Waals surface area contributed by atoms with Gasteiger partial charge in [0.2, 0.25) is 5.78 Å². The highest BCUT2D eigenvalue weighted by Crippen LogP contribution is 2.25. The van der Waals surface area contributed by atoms with E-state index in [1.54, 1.807) is 42.1 Å². The summed E-state index contributed by atoms with van der Waals surface area (Å²) in [6.45, 7) is 1.61. The van der Waals surface area contributed by atoms with Crippen molar-refractivity contribution in [3.05, 3.63) is 59.8 Å². The number of hydrogen-bond donors (Lipinski definition) is 0. The maximum atomic E-state index is 12.7. The number of Topliss-reactive ketones (excluding diaryl/α,β-unsaturated/α-hetero) is 1. The summed E-state index contributed by atoms with van der Waals surface area (Å²) in [5.74, 6) is 0.458. The Kier molecular flexibility index (Phi) is 3.93. The summed E-state index contributed by atoms with van der Waals surface area (Å²) in [7, 11) is 1.57. The average Bonchev–Trinajstić information content (AvgIpc) is 2.92. The fraction of sp³-hybridized carbons (Fsp3) is 0.167. The average molecular weight is 308 g/mol. The second kappa shape index (κ2) is 6.04. The minimum absolute atomic E-state index is 0.0315. The zero-order valence-corrected chi connectivity index (χ0v) is 12.9. The Hall–Kier alpha value is -2.95. The van der Waals surface area contributed by atoms with Crippen molar-refractivity contribution in [2.24, 2.45) is 0 Å². The van der Waals surface area contributed by atoms with Gasteiger partial charge in [-0.3, -0.25) is 14.3 Å². The third-order valence-electron chi connectivity index (χ3n) is 3.58. The van der Waals surface area contributed by atoms with Crippen LogP contribution in [0.1, 0.15) is 23.0 Å². The molecule has 5 heteroatoms. The first-order valence-corrected chi connectivity index (χ1v) is 7.24.